The third-order valence-electron chi connectivity index (χ3n) is 13.9. The van der Waals surface area contributed by atoms with Crippen molar-refractivity contribution in [2.24, 2.45) is 0 Å². The minimum absolute atomic E-state index is 0.182. The van der Waals surface area contributed by atoms with E-state index in [9.17, 15) is 19.5 Å². The molecule has 0 rings (SSSR count). The molecule has 73 heavy (non-hydrogen) atoms. The molecule has 9 heteroatoms. The van der Waals surface area contributed by atoms with Gasteiger partial charge in [-0.1, -0.05) is 249 Å². The summed E-state index contributed by atoms with van der Waals surface area (Å²) >= 11 is 0. The third-order valence-corrected chi connectivity index (χ3v) is 13.9. The highest BCUT2D eigenvalue weighted by Crippen LogP contribution is 2.17. The molecular formula is C64H120NO8+. The van der Waals surface area contributed by atoms with E-state index < -0.39 is 24.3 Å². The van der Waals surface area contributed by atoms with Crippen LogP contribution in [-0.4, -0.2) is 87.4 Å². The molecule has 0 aliphatic rings. The average molecular weight is 1030 g/mol. The molecule has 9 nitrogen and oxygen atoms in total. The van der Waals surface area contributed by atoms with Crippen LogP contribution in [0.15, 0.2) is 36.5 Å². The first-order valence-electron chi connectivity index (χ1n) is 31.2. The maximum absolute atomic E-state index is 12.9. The van der Waals surface area contributed by atoms with Gasteiger partial charge < -0.3 is 28.5 Å². The highest BCUT2D eigenvalue weighted by atomic mass is 16.7. The molecule has 2 atom stereocenters. The Kier molecular flexibility index (Phi) is 53.8. The van der Waals surface area contributed by atoms with E-state index in [4.69, 9.17) is 18.9 Å². The number of carbonyl (C=O) groups excluding carboxylic acids is 2. The van der Waals surface area contributed by atoms with Crippen molar-refractivity contribution in [1.29, 1.82) is 0 Å². The fourth-order valence-electron chi connectivity index (χ4n) is 9.04. The number of carbonyl (C=O) groups is 3. The first-order valence-corrected chi connectivity index (χ1v) is 31.2. The van der Waals surface area contributed by atoms with E-state index in [-0.39, 0.29) is 32.2 Å². The Morgan fingerprint density at radius 2 is 0.740 bits per heavy atom. The highest BCUT2D eigenvalue weighted by molar-refractivity contribution is 5.71. The van der Waals surface area contributed by atoms with Crippen LogP contribution in [0.3, 0.4) is 0 Å². The lowest BCUT2D eigenvalue weighted by Crippen LogP contribution is -2.40. The maximum atomic E-state index is 12.9. The third kappa shape index (κ3) is 57.1. The topological polar surface area (TPSA) is 108 Å². The lowest BCUT2D eigenvalue weighted by Gasteiger charge is -2.25. The molecule has 0 heterocycles. The zero-order valence-corrected chi connectivity index (χ0v) is 48.8. The molecule has 0 aliphatic carbocycles. The van der Waals surface area contributed by atoms with E-state index in [2.05, 4.69) is 50.3 Å². The number of nitrogens with zero attached hydrogens (tertiary/aromatic N) is 1. The molecule has 0 radical (unpaired) electrons. The van der Waals surface area contributed by atoms with E-state index in [0.717, 1.165) is 51.4 Å². The number of carboxylic acids is 1. The number of esters is 2. The Morgan fingerprint density at radius 1 is 0.411 bits per heavy atom. The molecule has 1 N–H and O–H groups in total. The molecule has 0 saturated heterocycles. The zero-order chi connectivity index (χ0) is 53.4. The van der Waals surface area contributed by atoms with Crippen molar-refractivity contribution >= 4 is 17.9 Å². The summed E-state index contributed by atoms with van der Waals surface area (Å²) in [6.45, 7) is 4.88. The molecule has 0 aromatic carbocycles. The summed E-state index contributed by atoms with van der Waals surface area (Å²) in [5.74, 6) is -2.00. The fraction of sp³-hybridized carbons (Fsp3) is 0.859. The van der Waals surface area contributed by atoms with Crippen LogP contribution in [0.4, 0.5) is 0 Å². The number of quaternary nitrogens is 1. The summed E-state index contributed by atoms with van der Waals surface area (Å²) in [7, 11) is 5.97. The Labute approximate surface area is 451 Å². The standard InChI is InChI=1S/C64H119NO8/c1-6-8-10-12-14-16-18-20-22-24-25-26-27-28-29-30-31-32-33-34-35-36-37-39-40-42-44-46-48-50-52-54-61(66)71-58-60(59-72-64(63(68)69)70-57-56-65(3,4)5)73-62(67)55-53-51-49-47-45-43-41-38-23-21-19-17-15-13-11-9-7-2/h15,17,21,23-25,60,64H,6-14,16,18-20,22,26-59H2,1-5H3/p+1/b17-15-,23-21-,25-24-. The lowest BCUT2D eigenvalue weighted by molar-refractivity contribution is -0.870. The van der Waals surface area contributed by atoms with E-state index >= 15 is 0 Å². The number of ether oxygens (including phenoxy) is 4. The predicted molar refractivity (Wildman–Crippen MR) is 309 cm³/mol. The van der Waals surface area contributed by atoms with Gasteiger partial charge in [0.05, 0.1) is 34.4 Å². The Hall–Kier alpha value is -2.49. The van der Waals surface area contributed by atoms with E-state index in [1.54, 1.807) is 0 Å². The second kappa shape index (κ2) is 55.7. The molecular weight excluding hydrogens is 911 g/mol. The number of unbranched alkanes of at least 4 members (excludes halogenated alkanes) is 37. The highest BCUT2D eigenvalue weighted by Gasteiger charge is 2.25. The second-order valence-electron chi connectivity index (χ2n) is 22.4. The zero-order valence-electron chi connectivity index (χ0n) is 48.8. The van der Waals surface area contributed by atoms with Crippen LogP contribution in [0.1, 0.15) is 296 Å². The lowest BCUT2D eigenvalue weighted by atomic mass is 10.0. The molecule has 0 saturated carbocycles. The monoisotopic (exact) mass is 1030 g/mol. The normalized spacial score (nSPS) is 12.9. The Morgan fingerprint density at radius 3 is 1.12 bits per heavy atom. The van der Waals surface area contributed by atoms with Crippen LogP contribution in [-0.2, 0) is 33.3 Å². The smallest absolute Gasteiger partial charge is 0.361 e. The van der Waals surface area contributed by atoms with Crippen molar-refractivity contribution in [3.05, 3.63) is 36.5 Å². The predicted octanol–water partition coefficient (Wildman–Crippen LogP) is 18.5. The summed E-state index contributed by atoms with van der Waals surface area (Å²) in [6.07, 6.45) is 65.3. The molecule has 428 valence electrons. The van der Waals surface area contributed by atoms with Gasteiger partial charge in [0.1, 0.15) is 13.2 Å². The van der Waals surface area contributed by atoms with Gasteiger partial charge in [0.25, 0.3) is 6.29 Å². The SMILES string of the molecule is CCCCC/C=C\C/C=C\CCCCCCCCCC(=O)OC(COC(=O)CCCCCCCCCCCCCCCCCCCCC/C=C\CCCCCCCCCC)COC(OCC[N+](C)(C)C)C(=O)O. The van der Waals surface area contributed by atoms with Crippen LogP contribution in [0.25, 0.3) is 0 Å². The Bertz CT molecular complexity index is 1290. The van der Waals surface area contributed by atoms with Gasteiger partial charge in [-0.15, -0.1) is 0 Å². The number of hydrogen-bond donors (Lipinski definition) is 1. The van der Waals surface area contributed by atoms with Gasteiger partial charge in [0, 0.05) is 12.8 Å². The number of aliphatic carboxylic acids is 1. The van der Waals surface area contributed by atoms with E-state index in [0.29, 0.717) is 23.9 Å². The first-order chi connectivity index (χ1) is 35.6. The van der Waals surface area contributed by atoms with Crippen LogP contribution in [0.2, 0.25) is 0 Å². The molecule has 0 aliphatic heterocycles. The molecule has 0 spiro atoms. The maximum Gasteiger partial charge on any atom is 0.361 e. The van der Waals surface area contributed by atoms with Gasteiger partial charge in [-0.05, 0) is 70.6 Å². The van der Waals surface area contributed by atoms with Crippen molar-refractivity contribution < 1.29 is 42.9 Å². The van der Waals surface area contributed by atoms with Crippen LogP contribution < -0.4 is 0 Å². The minimum Gasteiger partial charge on any atom is -0.477 e. The largest absolute Gasteiger partial charge is 0.477 e. The molecule has 0 aromatic rings. The number of hydrogen-bond acceptors (Lipinski definition) is 7. The number of rotatable bonds is 58. The van der Waals surface area contributed by atoms with E-state index in [1.165, 1.54) is 212 Å². The van der Waals surface area contributed by atoms with Gasteiger partial charge >= 0.3 is 17.9 Å². The van der Waals surface area contributed by atoms with Crippen molar-refractivity contribution in [1.82, 2.24) is 0 Å². The van der Waals surface area contributed by atoms with Gasteiger partial charge in [0.15, 0.2) is 6.10 Å². The van der Waals surface area contributed by atoms with Crippen molar-refractivity contribution in [3.8, 4) is 0 Å². The average Bonchev–Trinajstić information content (AvgIpc) is 3.36. The Balaban J connectivity index is 4.08. The first kappa shape index (κ1) is 70.5. The number of allylic oxidation sites excluding steroid dienone is 6. The summed E-state index contributed by atoms with van der Waals surface area (Å²) in [5.41, 5.74) is 0. The van der Waals surface area contributed by atoms with Crippen LogP contribution in [0, 0.1) is 0 Å². The number of likely N-dealkylation sites (N-methyl/N-ethyl adjacent to an activating group) is 1. The minimum atomic E-state index is -1.51. The van der Waals surface area contributed by atoms with Crippen molar-refractivity contribution in [2.75, 3.05) is 47.5 Å². The summed E-state index contributed by atoms with van der Waals surface area (Å²) in [5, 5.41) is 9.70. The summed E-state index contributed by atoms with van der Waals surface area (Å²) in [6, 6.07) is 0. The van der Waals surface area contributed by atoms with Crippen molar-refractivity contribution in [2.45, 2.75) is 309 Å². The second-order valence-corrected chi connectivity index (χ2v) is 22.4. The van der Waals surface area contributed by atoms with Crippen LogP contribution in [0.5, 0.6) is 0 Å². The van der Waals surface area contributed by atoms with Gasteiger partial charge in [-0.25, -0.2) is 4.79 Å². The summed E-state index contributed by atoms with van der Waals surface area (Å²) < 4.78 is 22.9. The van der Waals surface area contributed by atoms with Crippen molar-refractivity contribution in [3.63, 3.8) is 0 Å². The number of carboxylic acid groups (broad SMARTS) is 1. The molecule has 0 amide bonds. The molecule has 2 unspecified atom stereocenters. The quantitative estimate of drug-likeness (QED) is 0.0211. The van der Waals surface area contributed by atoms with Crippen LogP contribution >= 0.6 is 0 Å². The van der Waals surface area contributed by atoms with Gasteiger partial charge in [0.2, 0.25) is 0 Å². The summed E-state index contributed by atoms with van der Waals surface area (Å²) in [4.78, 5) is 37.4. The van der Waals surface area contributed by atoms with E-state index in [1.807, 2.05) is 21.1 Å². The molecule has 0 bridgehead atoms. The molecule has 0 fully saturated rings. The molecule has 0 aromatic heterocycles. The fourth-order valence-corrected chi connectivity index (χ4v) is 9.04. The van der Waals surface area contributed by atoms with Gasteiger partial charge in [-0.2, -0.15) is 0 Å². The van der Waals surface area contributed by atoms with Gasteiger partial charge in [-0.3, -0.25) is 9.59 Å².